The number of nitrogens with zero attached hydrogens (tertiary/aromatic N) is 1. The number of fused-ring (bicyclic) bond motifs is 1. The smallest absolute Gasteiger partial charge is 0.317 e. The van der Waals surface area contributed by atoms with Gasteiger partial charge in [0.05, 0.1) is 5.41 Å². The minimum Gasteiger partial charge on any atom is -0.481 e. The van der Waals surface area contributed by atoms with Crippen LogP contribution in [0.4, 0.5) is 13.6 Å². The van der Waals surface area contributed by atoms with Gasteiger partial charge in [-0.15, -0.1) is 0 Å². The standard InChI is InChI=1S/C13H20F2N2O3/c1-12(14,15)5-6-16-11(20)17-7-9-3-2-4-13(9,8-17)10(18)19/h9H,2-8H2,1H3,(H,16,20)(H,18,19)/t9-,13+/m0/s1. The Morgan fingerprint density at radius 3 is 2.75 bits per heavy atom. The van der Waals surface area contributed by atoms with Crippen LogP contribution in [0.15, 0.2) is 0 Å². The molecule has 0 spiro atoms. The zero-order chi connectivity index (χ0) is 15.0. The maximum atomic E-state index is 12.7. The summed E-state index contributed by atoms with van der Waals surface area (Å²) in [6.45, 7) is 1.28. The van der Waals surface area contributed by atoms with Gasteiger partial charge < -0.3 is 15.3 Å². The van der Waals surface area contributed by atoms with E-state index in [1.807, 2.05) is 0 Å². The predicted octanol–water partition coefficient (Wildman–Crippen LogP) is 1.93. The van der Waals surface area contributed by atoms with Crippen LogP contribution in [0.3, 0.4) is 0 Å². The molecule has 2 rings (SSSR count). The van der Waals surface area contributed by atoms with Gasteiger partial charge in [-0.2, -0.15) is 0 Å². The Bertz CT molecular complexity index is 411. The monoisotopic (exact) mass is 290 g/mol. The number of rotatable bonds is 4. The highest BCUT2D eigenvalue weighted by Crippen LogP contribution is 2.48. The molecular weight excluding hydrogens is 270 g/mol. The molecule has 0 bridgehead atoms. The van der Waals surface area contributed by atoms with E-state index in [9.17, 15) is 23.5 Å². The molecule has 5 nitrogen and oxygen atoms in total. The molecule has 0 aromatic rings. The van der Waals surface area contributed by atoms with Crippen molar-refractivity contribution in [3.05, 3.63) is 0 Å². The molecule has 0 aromatic heterocycles. The second-order valence-electron chi connectivity index (χ2n) is 5.98. The molecule has 1 heterocycles. The van der Waals surface area contributed by atoms with Gasteiger partial charge in [-0.05, 0) is 25.7 Å². The fraction of sp³-hybridized carbons (Fsp3) is 0.846. The van der Waals surface area contributed by atoms with Gasteiger partial charge in [-0.3, -0.25) is 4.79 Å². The van der Waals surface area contributed by atoms with Crippen molar-refractivity contribution in [2.75, 3.05) is 19.6 Å². The molecule has 2 fully saturated rings. The van der Waals surface area contributed by atoms with Crippen LogP contribution in [0.2, 0.25) is 0 Å². The number of likely N-dealkylation sites (tertiary alicyclic amines) is 1. The first-order valence-corrected chi connectivity index (χ1v) is 6.89. The van der Waals surface area contributed by atoms with E-state index in [2.05, 4.69) is 5.32 Å². The van der Waals surface area contributed by atoms with Crippen molar-refractivity contribution in [3.8, 4) is 0 Å². The average molecular weight is 290 g/mol. The summed E-state index contributed by atoms with van der Waals surface area (Å²) in [6, 6.07) is -0.440. The van der Waals surface area contributed by atoms with Gasteiger partial charge in [0, 0.05) is 26.1 Å². The second kappa shape index (κ2) is 5.18. The number of halogens is 2. The first-order chi connectivity index (χ1) is 9.24. The number of urea groups is 1. The second-order valence-corrected chi connectivity index (χ2v) is 5.98. The van der Waals surface area contributed by atoms with E-state index in [-0.39, 0.29) is 19.0 Å². The molecule has 1 saturated carbocycles. The van der Waals surface area contributed by atoms with Crippen molar-refractivity contribution >= 4 is 12.0 Å². The van der Waals surface area contributed by atoms with E-state index in [0.29, 0.717) is 13.0 Å². The Kier molecular flexibility index (Phi) is 3.88. The van der Waals surface area contributed by atoms with Crippen LogP contribution in [-0.2, 0) is 4.79 Å². The lowest BCUT2D eigenvalue weighted by molar-refractivity contribution is -0.149. The first kappa shape index (κ1) is 15.0. The highest BCUT2D eigenvalue weighted by molar-refractivity contribution is 5.80. The van der Waals surface area contributed by atoms with Crippen molar-refractivity contribution in [2.24, 2.45) is 11.3 Å². The maximum absolute atomic E-state index is 12.7. The summed E-state index contributed by atoms with van der Waals surface area (Å²) in [4.78, 5) is 24.8. The minimum absolute atomic E-state index is 0.0154. The highest BCUT2D eigenvalue weighted by Gasteiger charge is 2.55. The van der Waals surface area contributed by atoms with Crippen LogP contribution < -0.4 is 5.32 Å². The van der Waals surface area contributed by atoms with Gasteiger partial charge in [0.15, 0.2) is 0 Å². The van der Waals surface area contributed by atoms with E-state index in [0.717, 1.165) is 19.8 Å². The van der Waals surface area contributed by atoms with Gasteiger partial charge in [-0.1, -0.05) is 6.42 Å². The third kappa shape index (κ3) is 2.86. The summed E-state index contributed by atoms with van der Waals surface area (Å²) >= 11 is 0. The zero-order valence-electron chi connectivity index (χ0n) is 11.5. The number of nitrogens with one attached hydrogen (secondary N) is 1. The molecule has 0 radical (unpaired) electrons. The number of hydrogen-bond donors (Lipinski definition) is 2. The SMILES string of the molecule is CC(F)(F)CCNC(=O)N1C[C@@H]2CCC[C@@]2(C(=O)O)C1. The lowest BCUT2D eigenvalue weighted by Gasteiger charge is -2.23. The van der Waals surface area contributed by atoms with Crippen molar-refractivity contribution < 1.29 is 23.5 Å². The molecule has 0 aromatic carbocycles. The molecule has 0 unspecified atom stereocenters. The van der Waals surface area contributed by atoms with Crippen LogP contribution in [0.1, 0.15) is 32.6 Å². The Hall–Kier alpha value is -1.40. The lowest BCUT2D eigenvalue weighted by Crippen LogP contribution is -2.42. The first-order valence-electron chi connectivity index (χ1n) is 6.89. The Morgan fingerprint density at radius 2 is 2.20 bits per heavy atom. The molecule has 2 N–H and O–H groups in total. The summed E-state index contributed by atoms with van der Waals surface area (Å²) in [6.07, 6.45) is 1.85. The molecule has 2 aliphatic rings. The minimum atomic E-state index is -2.81. The summed E-state index contributed by atoms with van der Waals surface area (Å²) in [5.41, 5.74) is -0.827. The highest BCUT2D eigenvalue weighted by atomic mass is 19.3. The van der Waals surface area contributed by atoms with Crippen molar-refractivity contribution in [3.63, 3.8) is 0 Å². The Morgan fingerprint density at radius 1 is 1.50 bits per heavy atom. The molecular formula is C13H20F2N2O3. The van der Waals surface area contributed by atoms with Gasteiger partial charge in [0.2, 0.25) is 5.92 Å². The van der Waals surface area contributed by atoms with E-state index >= 15 is 0 Å². The largest absolute Gasteiger partial charge is 0.481 e. The molecule has 2 amide bonds. The number of aliphatic carboxylic acids is 1. The molecule has 1 aliphatic carbocycles. The Labute approximate surface area is 116 Å². The van der Waals surface area contributed by atoms with Crippen LogP contribution in [0.25, 0.3) is 0 Å². The molecule has 114 valence electrons. The van der Waals surface area contributed by atoms with E-state index < -0.39 is 29.8 Å². The van der Waals surface area contributed by atoms with Crippen LogP contribution in [0.5, 0.6) is 0 Å². The number of amides is 2. The summed E-state index contributed by atoms with van der Waals surface area (Å²) in [5, 5.41) is 11.8. The van der Waals surface area contributed by atoms with E-state index in [1.165, 1.54) is 4.90 Å². The number of carboxylic acid groups (broad SMARTS) is 1. The number of carbonyl (C=O) groups excluding carboxylic acids is 1. The third-order valence-corrected chi connectivity index (χ3v) is 4.42. The predicted molar refractivity (Wildman–Crippen MR) is 67.6 cm³/mol. The van der Waals surface area contributed by atoms with Crippen LogP contribution in [-0.4, -0.2) is 47.6 Å². The number of carboxylic acids is 1. The van der Waals surface area contributed by atoms with Gasteiger partial charge in [0.1, 0.15) is 0 Å². The molecule has 7 heteroatoms. The Balaban J connectivity index is 1.89. The van der Waals surface area contributed by atoms with Crippen LogP contribution in [0, 0.1) is 11.3 Å². The number of alkyl halides is 2. The van der Waals surface area contributed by atoms with Crippen molar-refractivity contribution in [1.82, 2.24) is 10.2 Å². The van der Waals surface area contributed by atoms with Crippen molar-refractivity contribution in [2.45, 2.75) is 38.5 Å². The normalized spacial score (nSPS) is 29.4. The molecule has 20 heavy (non-hydrogen) atoms. The lowest BCUT2D eigenvalue weighted by atomic mass is 9.81. The maximum Gasteiger partial charge on any atom is 0.317 e. The molecule has 2 atom stereocenters. The van der Waals surface area contributed by atoms with E-state index in [4.69, 9.17) is 0 Å². The molecule has 1 aliphatic heterocycles. The van der Waals surface area contributed by atoms with E-state index in [1.54, 1.807) is 0 Å². The van der Waals surface area contributed by atoms with Crippen LogP contribution >= 0.6 is 0 Å². The fourth-order valence-corrected chi connectivity index (χ4v) is 3.29. The molecule has 1 saturated heterocycles. The quantitative estimate of drug-likeness (QED) is 0.831. The van der Waals surface area contributed by atoms with Gasteiger partial charge >= 0.3 is 12.0 Å². The third-order valence-electron chi connectivity index (χ3n) is 4.42. The summed E-state index contributed by atoms with van der Waals surface area (Å²) < 4.78 is 25.3. The zero-order valence-corrected chi connectivity index (χ0v) is 11.5. The van der Waals surface area contributed by atoms with Crippen molar-refractivity contribution in [1.29, 1.82) is 0 Å². The topological polar surface area (TPSA) is 69.6 Å². The van der Waals surface area contributed by atoms with Gasteiger partial charge in [0.25, 0.3) is 0 Å². The summed E-state index contributed by atoms with van der Waals surface area (Å²) in [5.74, 6) is -3.68. The fourth-order valence-electron chi connectivity index (χ4n) is 3.29. The number of carbonyl (C=O) groups is 2. The van der Waals surface area contributed by atoms with Gasteiger partial charge in [-0.25, -0.2) is 13.6 Å². The number of hydrogen-bond acceptors (Lipinski definition) is 2. The summed E-state index contributed by atoms with van der Waals surface area (Å²) in [7, 11) is 0. The average Bonchev–Trinajstić information content (AvgIpc) is 2.83.